The molecule has 1 atom stereocenters. The lowest BCUT2D eigenvalue weighted by Crippen LogP contribution is -2.22. The van der Waals surface area contributed by atoms with Crippen LogP contribution in [-0.4, -0.2) is 28.3 Å². The van der Waals surface area contributed by atoms with Crippen LogP contribution >= 0.6 is 0 Å². The molecule has 1 heterocycles. The number of ketones is 1. The Morgan fingerprint density at radius 1 is 1.44 bits per heavy atom. The summed E-state index contributed by atoms with van der Waals surface area (Å²) in [5.74, 6) is 0.0701. The monoisotopic (exact) mass is 246 g/mol. The molecule has 0 amide bonds. The number of carbonyl (C=O) groups is 1. The van der Waals surface area contributed by atoms with Crippen molar-refractivity contribution < 1.29 is 9.53 Å². The highest BCUT2D eigenvalue weighted by Crippen LogP contribution is 2.18. The number of ether oxygens (including phenoxy) is 1. The van der Waals surface area contributed by atoms with Crippen molar-refractivity contribution in [3.8, 4) is 0 Å². The van der Waals surface area contributed by atoms with E-state index in [2.05, 4.69) is 5.10 Å². The third kappa shape index (κ3) is 2.43. The molecular weight excluding hydrogens is 228 g/mol. The van der Waals surface area contributed by atoms with Gasteiger partial charge in [-0.05, 0) is 19.9 Å². The molecule has 0 spiro atoms. The number of hydrogen-bond acceptors (Lipinski definition) is 3. The molecule has 1 unspecified atom stereocenters. The smallest absolute Gasteiger partial charge is 0.167 e. The molecule has 0 aliphatic rings. The lowest BCUT2D eigenvalue weighted by atomic mass is 10.1. The molecule has 0 aliphatic carbocycles. The zero-order valence-corrected chi connectivity index (χ0v) is 11.0. The molecule has 0 N–H and O–H groups in total. The van der Waals surface area contributed by atoms with Gasteiger partial charge in [-0.15, -0.1) is 0 Å². The van der Waals surface area contributed by atoms with Crippen molar-refractivity contribution in [1.82, 2.24) is 9.78 Å². The quantitative estimate of drug-likeness (QED) is 0.811. The molecule has 0 fully saturated rings. The van der Waals surface area contributed by atoms with E-state index in [1.165, 1.54) is 0 Å². The maximum Gasteiger partial charge on any atom is 0.167 e. The van der Waals surface area contributed by atoms with Gasteiger partial charge in [0.25, 0.3) is 0 Å². The van der Waals surface area contributed by atoms with E-state index in [1.54, 1.807) is 6.92 Å². The zero-order chi connectivity index (χ0) is 13.1. The maximum absolute atomic E-state index is 12.0. The maximum atomic E-state index is 12.0. The van der Waals surface area contributed by atoms with E-state index in [0.717, 1.165) is 16.6 Å². The van der Waals surface area contributed by atoms with Gasteiger partial charge in [0.05, 0.1) is 17.6 Å². The van der Waals surface area contributed by atoms with Gasteiger partial charge >= 0.3 is 0 Å². The van der Waals surface area contributed by atoms with Gasteiger partial charge < -0.3 is 4.74 Å². The molecular formula is C14H18N2O2. The van der Waals surface area contributed by atoms with Crippen molar-refractivity contribution in [2.75, 3.05) is 6.61 Å². The molecule has 0 saturated carbocycles. The van der Waals surface area contributed by atoms with Crippen LogP contribution in [0.15, 0.2) is 24.3 Å². The average molecular weight is 246 g/mol. The summed E-state index contributed by atoms with van der Waals surface area (Å²) in [7, 11) is 1.89. The van der Waals surface area contributed by atoms with Gasteiger partial charge in [-0.3, -0.25) is 9.48 Å². The van der Waals surface area contributed by atoms with E-state index in [4.69, 9.17) is 4.74 Å². The Labute approximate surface area is 107 Å². The second-order valence-electron chi connectivity index (χ2n) is 4.33. The van der Waals surface area contributed by atoms with Crippen LogP contribution in [0.1, 0.15) is 19.5 Å². The third-order valence-electron chi connectivity index (χ3n) is 3.05. The van der Waals surface area contributed by atoms with Gasteiger partial charge in [0.2, 0.25) is 0 Å². The van der Waals surface area contributed by atoms with E-state index in [0.29, 0.717) is 13.0 Å². The molecule has 2 aromatic rings. The number of para-hydroxylation sites is 1. The number of carbonyl (C=O) groups excluding carboxylic acids is 1. The standard InChI is InChI=1S/C14H18N2O2/c1-4-18-10(2)14(17)9-12-11-7-5-6-8-13(11)16(3)15-12/h5-8,10H,4,9H2,1-3H3. The number of rotatable bonds is 5. The van der Waals surface area contributed by atoms with Crippen LogP contribution in [0.25, 0.3) is 10.9 Å². The van der Waals surface area contributed by atoms with Crippen molar-refractivity contribution in [3.05, 3.63) is 30.0 Å². The van der Waals surface area contributed by atoms with Gasteiger partial charge in [0.15, 0.2) is 5.78 Å². The summed E-state index contributed by atoms with van der Waals surface area (Å²) < 4.78 is 7.12. The van der Waals surface area contributed by atoms with Crippen LogP contribution in [0.5, 0.6) is 0 Å². The molecule has 0 aliphatic heterocycles. The minimum absolute atomic E-state index is 0.0701. The van der Waals surface area contributed by atoms with Crippen molar-refractivity contribution in [3.63, 3.8) is 0 Å². The van der Waals surface area contributed by atoms with Crippen LogP contribution in [-0.2, 0) is 23.0 Å². The molecule has 1 aromatic heterocycles. The molecule has 1 aromatic carbocycles. The molecule has 18 heavy (non-hydrogen) atoms. The van der Waals surface area contributed by atoms with Gasteiger partial charge in [0.1, 0.15) is 6.10 Å². The number of nitrogens with zero attached hydrogens (tertiary/aromatic N) is 2. The largest absolute Gasteiger partial charge is 0.371 e. The van der Waals surface area contributed by atoms with Crippen LogP contribution < -0.4 is 0 Å². The second kappa shape index (κ2) is 5.31. The Hall–Kier alpha value is -1.68. The number of Topliss-reactive ketones (excluding diaryl/α,β-unsaturated/α-hetero) is 1. The van der Waals surface area contributed by atoms with E-state index in [9.17, 15) is 4.79 Å². The Balaban J connectivity index is 2.24. The molecule has 4 heteroatoms. The Morgan fingerprint density at radius 2 is 2.17 bits per heavy atom. The van der Waals surface area contributed by atoms with E-state index < -0.39 is 0 Å². The summed E-state index contributed by atoms with van der Waals surface area (Å²) >= 11 is 0. The lowest BCUT2D eigenvalue weighted by Gasteiger charge is -2.09. The summed E-state index contributed by atoms with van der Waals surface area (Å²) in [5, 5.41) is 5.45. The minimum atomic E-state index is -0.365. The predicted octanol–water partition coefficient (Wildman–Crippen LogP) is 2.11. The fourth-order valence-electron chi connectivity index (χ4n) is 2.07. The highest BCUT2D eigenvalue weighted by molar-refractivity contribution is 5.90. The Kier molecular flexibility index (Phi) is 3.77. The predicted molar refractivity (Wildman–Crippen MR) is 70.5 cm³/mol. The summed E-state index contributed by atoms with van der Waals surface area (Å²) in [6.45, 7) is 4.23. The fourth-order valence-corrected chi connectivity index (χ4v) is 2.07. The summed E-state index contributed by atoms with van der Waals surface area (Å²) in [5.41, 5.74) is 1.87. The molecule has 2 rings (SSSR count). The second-order valence-corrected chi connectivity index (χ2v) is 4.33. The minimum Gasteiger partial charge on any atom is -0.371 e. The third-order valence-corrected chi connectivity index (χ3v) is 3.05. The highest BCUT2D eigenvalue weighted by atomic mass is 16.5. The van der Waals surface area contributed by atoms with Crippen molar-refractivity contribution in [2.24, 2.45) is 7.05 Å². The van der Waals surface area contributed by atoms with Gasteiger partial charge in [0, 0.05) is 19.0 Å². The zero-order valence-electron chi connectivity index (χ0n) is 11.0. The van der Waals surface area contributed by atoms with Crippen LogP contribution in [0.3, 0.4) is 0 Å². The molecule has 0 saturated heterocycles. The first-order chi connectivity index (χ1) is 8.63. The van der Waals surface area contributed by atoms with E-state index in [-0.39, 0.29) is 11.9 Å². The number of benzene rings is 1. The van der Waals surface area contributed by atoms with Gasteiger partial charge in [-0.25, -0.2) is 0 Å². The lowest BCUT2D eigenvalue weighted by molar-refractivity contribution is -0.128. The van der Waals surface area contributed by atoms with Crippen LogP contribution in [0.4, 0.5) is 0 Å². The first-order valence-corrected chi connectivity index (χ1v) is 6.18. The fraction of sp³-hybridized carbons (Fsp3) is 0.429. The number of aryl methyl sites for hydroxylation is 1. The molecule has 96 valence electrons. The highest BCUT2D eigenvalue weighted by Gasteiger charge is 2.17. The first kappa shape index (κ1) is 12.8. The Morgan fingerprint density at radius 3 is 2.89 bits per heavy atom. The first-order valence-electron chi connectivity index (χ1n) is 6.18. The van der Waals surface area contributed by atoms with Crippen molar-refractivity contribution in [2.45, 2.75) is 26.4 Å². The SMILES string of the molecule is CCOC(C)C(=O)Cc1nn(C)c2ccccc12. The molecule has 0 bridgehead atoms. The van der Waals surface area contributed by atoms with Gasteiger partial charge in [-0.2, -0.15) is 5.10 Å². The summed E-state index contributed by atoms with van der Waals surface area (Å²) in [6, 6.07) is 7.93. The summed E-state index contributed by atoms with van der Waals surface area (Å²) in [4.78, 5) is 12.0. The topological polar surface area (TPSA) is 44.1 Å². The van der Waals surface area contributed by atoms with Crippen LogP contribution in [0, 0.1) is 0 Å². The normalized spacial score (nSPS) is 12.8. The number of fused-ring (bicyclic) bond motifs is 1. The average Bonchev–Trinajstić information content (AvgIpc) is 2.67. The molecule has 0 radical (unpaired) electrons. The van der Waals surface area contributed by atoms with E-state index >= 15 is 0 Å². The van der Waals surface area contributed by atoms with E-state index in [1.807, 2.05) is 42.9 Å². The number of aromatic nitrogens is 2. The van der Waals surface area contributed by atoms with Crippen molar-refractivity contribution >= 4 is 16.7 Å². The molecule has 4 nitrogen and oxygen atoms in total. The van der Waals surface area contributed by atoms with Crippen molar-refractivity contribution in [1.29, 1.82) is 0 Å². The number of hydrogen-bond donors (Lipinski definition) is 0. The summed E-state index contributed by atoms with van der Waals surface area (Å²) in [6.07, 6.45) is -0.0431. The van der Waals surface area contributed by atoms with Crippen LogP contribution in [0.2, 0.25) is 0 Å². The Bertz CT molecular complexity index is 560. The van der Waals surface area contributed by atoms with Gasteiger partial charge in [-0.1, -0.05) is 18.2 Å².